The third-order valence-corrected chi connectivity index (χ3v) is 4.05. The van der Waals surface area contributed by atoms with Crippen LogP contribution in [-0.2, 0) is 9.31 Å². The van der Waals surface area contributed by atoms with Crippen molar-refractivity contribution in [3.8, 4) is 5.75 Å². The highest BCUT2D eigenvalue weighted by Gasteiger charge is 2.51. The lowest BCUT2D eigenvalue weighted by Gasteiger charge is -2.32. The van der Waals surface area contributed by atoms with Crippen molar-refractivity contribution in [2.24, 2.45) is 0 Å². The molecule has 0 radical (unpaired) electrons. The minimum Gasteiger partial charge on any atom is -0.492 e. The second kappa shape index (κ2) is 5.37. The molecule has 1 aliphatic rings. The Hall–Kier alpha value is -1.07. The van der Waals surface area contributed by atoms with E-state index >= 15 is 0 Å². The Bertz CT molecular complexity index is 472. The fraction of sp³-hybridized carbons (Fsp3) is 0.667. The monoisotopic (exact) mass is 277 g/mol. The second-order valence-corrected chi connectivity index (χ2v) is 6.29. The van der Waals surface area contributed by atoms with Gasteiger partial charge in [0.1, 0.15) is 5.75 Å². The Morgan fingerprint density at radius 3 is 2.35 bits per heavy atom. The fourth-order valence-electron chi connectivity index (χ4n) is 1.99. The van der Waals surface area contributed by atoms with Gasteiger partial charge in [0.15, 0.2) is 0 Å². The summed E-state index contributed by atoms with van der Waals surface area (Å²) in [5, 5.41) is 0. The maximum atomic E-state index is 6.03. The lowest BCUT2D eigenvalue weighted by atomic mass is 9.80. The van der Waals surface area contributed by atoms with Gasteiger partial charge in [0.05, 0.1) is 23.5 Å². The summed E-state index contributed by atoms with van der Waals surface area (Å²) in [6, 6.07) is 1.97. The van der Waals surface area contributed by atoms with Crippen molar-refractivity contribution in [3.63, 3.8) is 0 Å². The molecule has 2 rings (SSSR count). The van der Waals surface area contributed by atoms with Gasteiger partial charge in [0.2, 0.25) is 0 Å². The molecule has 0 amide bonds. The molecule has 4 nitrogen and oxygen atoms in total. The van der Waals surface area contributed by atoms with Crippen molar-refractivity contribution in [3.05, 3.63) is 18.0 Å². The molecule has 1 aromatic heterocycles. The number of ether oxygens (including phenoxy) is 1. The third kappa shape index (κ3) is 2.84. The molecule has 1 aromatic rings. The van der Waals surface area contributed by atoms with Crippen LogP contribution in [-0.4, -0.2) is 29.9 Å². The number of hydrogen-bond donors (Lipinski definition) is 0. The zero-order valence-corrected chi connectivity index (χ0v) is 13.3. The van der Waals surface area contributed by atoms with Crippen LogP contribution in [0.4, 0.5) is 0 Å². The van der Waals surface area contributed by atoms with E-state index in [1.165, 1.54) is 0 Å². The van der Waals surface area contributed by atoms with E-state index in [4.69, 9.17) is 14.0 Å². The number of rotatable bonds is 4. The molecule has 1 aliphatic heterocycles. The highest BCUT2D eigenvalue weighted by Crippen LogP contribution is 2.36. The average Bonchev–Trinajstić information content (AvgIpc) is 2.57. The Kier molecular flexibility index (Phi) is 4.12. The second-order valence-electron chi connectivity index (χ2n) is 6.29. The molecule has 0 atom stereocenters. The molecule has 1 fully saturated rings. The van der Waals surface area contributed by atoms with E-state index in [9.17, 15) is 0 Å². The van der Waals surface area contributed by atoms with E-state index in [-0.39, 0.29) is 11.2 Å². The van der Waals surface area contributed by atoms with E-state index in [1.807, 2.05) is 40.7 Å². The Morgan fingerprint density at radius 2 is 1.80 bits per heavy atom. The average molecular weight is 277 g/mol. The molecule has 2 heterocycles. The smallest absolute Gasteiger partial charge is 0.492 e. The standard InChI is InChI=1S/C15H24BNO3/c1-7-8-18-13-9-12(10-17-11(13)2)16-19-14(3,4)15(5,6)20-16/h9-10H,7-8H2,1-6H3. The first-order valence-corrected chi connectivity index (χ1v) is 7.22. The van der Waals surface area contributed by atoms with Crippen LogP contribution in [0.1, 0.15) is 46.7 Å². The van der Waals surface area contributed by atoms with Gasteiger partial charge in [-0.25, -0.2) is 0 Å². The van der Waals surface area contributed by atoms with Crippen molar-refractivity contribution < 1.29 is 14.0 Å². The first-order valence-electron chi connectivity index (χ1n) is 7.22. The van der Waals surface area contributed by atoms with Gasteiger partial charge in [-0.1, -0.05) is 6.92 Å². The van der Waals surface area contributed by atoms with E-state index in [0.29, 0.717) is 6.61 Å². The van der Waals surface area contributed by atoms with Crippen molar-refractivity contribution in [2.75, 3.05) is 6.61 Å². The zero-order valence-electron chi connectivity index (χ0n) is 13.3. The summed E-state index contributed by atoms with van der Waals surface area (Å²) in [6.07, 6.45) is 2.77. The molecule has 110 valence electrons. The molecule has 0 aromatic carbocycles. The van der Waals surface area contributed by atoms with Gasteiger partial charge < -0.3 is 14.0 Å². The van der Waals surface area contributed by atoms with Crippen LogP contribution >= 0.6 is 0 Å². The molecule has 0 bridgehead atoms. The summed E-state index contributed by atoms with van der Waals surface area (Å²) in [5.74, 6) is 0.805. The molecule has 0 saturated carbocycles. The van der Waals surface area contributed by atoms with Gasteiger partial charge in [-0.2, -0.15) is 0 Å². The third-order valence-electron chi connectivity index (χ3n) is 4.05. The Balaban J connectivity index is 2.22. The van der Waals surface area contributed by atoms with Gasteiger partial charge >= 0.3 is 7.12 Å². The maximum absolute atomic E-state index is 6.03. The number of aromatic nitrogens is 1. The number of aryl methyl sites for hydroxylation is 1. The highest BCUT2D eigenvalue weighted by molar-refractivity contribution is 6.62. The lowest BCUT2D eigenvalue weighted by molar-refractivity contribution is 0.00578. The predicted molar refractivity (Wildman–Crippen MR) is 80.5 cm³/mol. The summed E-state index contributed by atoms with van der Waals surface area (Å²) in [6.45, 7) is 12.9. The molecule has 1 saturated heterocycles. The Labute approximate surface area is 122 Å². The van der Waals surface area contributed by atoms with Crippen LogP contribution < -0.4 is 10.2 Å². The number of nitrogens with zero attached hydrogens (tertiary/aromatic N) is 1. The Morgan fingerprint density at radius 1 is 1.20 bits per heavy atom. The van der Waals surface area contributed by atoms with Crippen molar-refractivity contribution in [1.82, 2.24) is 4.98 Å². The molecule has 0 spiro atoms. The summed E-state index contributed by atoms with van der Waals surface area (Å²) >= 11 is 0. The van der Waals surface area contributed by atoms with E-state index < -0.39 is 7.12 Å². The van der Waals surface area contributed by atoms with Crippen molar-refractivity contribution in [2.45, 2.75) is 59.2 Å². The quantitative estimate of drug-likeness (QED) is 0.793. The minimum absolute atomic E-state index is 0.340. The van der Waals surface area contributed by atoms with Crippen LogP contribution in [0.15, 0.2) is 12.3 Å². The molecule has 0 aliphatic carbocycles. The molecular weight excluding hydrogens is 253 g/mol. The minimum atomic E-state index is -0.392. The van der Waals surface area contributed by atoms with Crippen LogP contribution in [0.3, 0.4) is 0 Å². The van der Waals surface area contributed by atoms with Gasteiger partial charge in [0, 0.05) is 11.7 Å². The van der Waals surface area contributed by atoms with Crippen LogP contribution in [0.2, 0.25) is 0 Å². The van der Waals surface area contributed by atoms with Crippen LogP contribution in [0.25, 0.3) is 0 Å². The zero-order chi connectivity index (χ0) is 15.0. The molecule has 20 heavy (non-hydrogen) atoms. The first-order chi connectivity index (χ1) is 9.27. The van der Waals surface area contributed by atoms with Gasteiger partial charge in [0.25, 0.3) is 0 Å². The SMILES string of the molecule is CCCOc1cc(B2OC(C)(C)C(C)(C)O2)cnc1C. The van der Waals surface area contributed by atoms with E-state index in [1.54, 1.807) is 6.20 Å². The number of pyridine rings is 1. The molecule has 5 heteroatoms. The predicted octanol–water partition coefficient (Wildman–Crippen LogP) is 2.48. The molecular formula is C15H24BNO3. The molecule has 0 N–H and O–H groups in total. The van der Waals surface area contributed by atoms with E-state index in [2.05, 4.69) is 11.9 Å². The first kappa shape index (κ1) is 15.3. The topological polar surface area (TPSA) is 40.6 Å². The van der Waals surface area contributed by atoms with Gasteiger partial charge in [-0.15, -0.1) is 0 Å². The van der Waals surface area contributed by atoms with Gasteiger partial charge in [-0.3, -0.25) is 4.98 Å². The van der Waals surface area contributed by atoms with E-state index in [0.717, 1.165) is 23.3 Å². The maximum Gasteiger partial charge on any atom is 0.496 e. The normalized spacial score (nSPS) is 20.2. The highest BCUT2D eigenvalue weighted by atomic mass is 16.7. The van der Waals surface area contributed by atoms with Crippen LogP contribution in [0.5, 0.6) is 5.75 Å². The summed E-state index contributed by atoms with van der Waals surface area (Å²) in [4.78, 5) is 4.39. The largest absolute Gasteiger partial charge is 0.496 e. The van der Waals surface area contributed by atoms with Crippen molar-refractivity contribution in [1.29, 1.82) is 0 Å². The summed E-state index contributed by atoms with van der Waals surface area (Å²) in [5.41, 5.74) is 1.11. The number of hydrogen-bond acceptors (Lipinski definition) is 4. The summed E-state index contributed by atoms with van der Waals surface area (Å²) < 4.78 is 17.8. The van der Waals surface area contributed by atoms with Gasteiger partial charge in [-0.05, 0) is 47.1 Å². The lowest BCUT2D eigenvalue weighted by Crippen LogP contribution is -2.41. The van der Waals surface area contributed by atoms with Crippen LogP contribution in [0, 0.1) is 6.92 Å². The fourth-order valence-corrected chi connectivity index (χ4v) is 1.99. The van der Waals surface area contributed by atoms with Crippen molar-refractivity contribution >= 4 is 12.6 Å². The molecule has 0 unspecified atom stereocenters. The summed E-state index contributed by atoms with van der Waals surface area (Å²) in [7, 11) is -0.392.